The zero-order valence-electron chi connectivity index (χ0n) is 5.86. The molecular formula is C4H13ClNNa+2. The fourth-order valence-corrected chi connectivity index (χ4v) is 0. The van der Waals surface area contributed by atoms with Crippen LogP contribution >= 0.6 is 12.4 Å². The largest absolute Gasteiger partial charge is 1.00 e. The predicted molar refractivity (Wildman–Crippen MR) is 31.2 cm³/mol. The normalized spacial score (nSPS) is 8.57. The Morgan fingerprint density at radius 3 is 0.857 bits per heavy atom. The van der Waals surface area contributed by atoms with Crippen molar-refractivity contribution in [3.05, 3.63) is 0 Å². The molecule has 0 aliphatic heterocycles. The molecule has 0 aliphatic rings. The first-order chi connectivity index (χ1) is 2.00. The molecule has 0 spiro atoms. The van der Waals surface area contributed by atoms with Gasteiger partial charge in [-0.1, -0.05) is 0 Å². The third-order valence-corrected chi connectivity index (χ3v) is 0. The average Bonchev–Trinajstić information content (AvgIpc) is 0.722. The summed E-state index contributed by atoms with van der Waals surface area (Å²) in [5.74, 6) is 0. The number of nitrogens with zero attached hydrogens (tertiary/aromatic N) is 1. The van der Waals surface area contributed by atoms with E-state index in [1.54, 1.807) is 0 Å². The molecule has 0 N–H and O–H groups in total. The summed E-state index contributed by atoms with van der Waals surface area (Å²) in [5, 5.41) is 0. The molecule has 0 rings (SSSR count). The Hall–Kier alpha value is 1.25. The van der Waals surface area contributed by atoms with Crippen LogP contribution in [0.2, 0.25) is 0 Å². The van der Waals surface area contributed by atoms with E-state index >= 15 is 0 Å². The van der Waals surface area contributed by atoms with Gasteiger partial charge in [-0.25, -0.2) is 0 Å². The molecule has 0 bridgehead atoms. The topological polar surface area (TPSA) is 0 Å². The SMILES string of the molecule is C[N+](C)(C)C.Cl.[Na+]. The van der Waals surface area contributed by atoms with Crippen molar-refractivity contribution < 1.29 is 34.0 Å². The van der Waals surface area contributed by atoms with Crippen molar-refractivity contribution in [1.82, 2.24) is 0 Å². The summed E-state index contributed by atoms with van der Waals surface area (Å²) < 4.78 is 1.00. The first-order valence-electron chi connectivity index (χ1n) is 1.79. The van der Waals surface area contributed by atoms with E-state index in [2.05, 4.69) is 28.2 Å². The van der Waals surface area contributed by atoms with Gasteiger partial charge in [-0.05, 0) is 0 Å². The molecule has 0 unspecified atom stereocenters. The molecular weight excluding hydrogens is 120 g/mol. The Balaban J connectivity index is -0.0000000800. The molecule has 0 heterocycles. The molecule has 0 radical (unpaired) electrons. The number of quaternary nitrogens is 1. The quantitative estimate of drug-likeness (QED) is 0.259. The van der Waals surface area contributed by atoms with E-state index in [0.717, 1.165) is 4.48 Å². The zero-order chi connectivity index (χ0) is 4.50. The number of rotatable bonds is 0. The molecule has 40 valence electrons. The third kappa shape index (κ3) is 128. The van der Waals surface area contributed by atoms with Crippen LogP contribution in [-0.2, 0) is 0 Å². The third-order valence-electron chi connectivity index (χ3n) is 0. The first kappa shape index (κ1) is 15.7. The molecule has 0 amide bonds. The minimum absolute atomic E-state index is 0. The second-order valence-electron chi connectivity index (χ2n) is 2.68. The summed E-state index contributed by atoms with van der Waals surface area (Å²) in [6.07, 6.45) is 0. The van der Waals surface area contributed by atoms with E-state index < -0.39 is 0 Å². The first-order valence-corrected chi connectivity index (χ1v) is 1.79. The van der Waals surface area contributed by atoms with Crippen molar-refractivity contribution in [1.29, 1.82) is 0 Å². The van der Waals surface area contributed by atoms with Gasteiger partial charge in [-0.15, -0.1) is 12.4 Å². The maximum atomic E-state index is 2.12. The number of halogens is 1. The van der Waals surface area contributed by atoms with Crippen molar-refractivity contribution in [3.8, 4) is 0 Å². The monoisotopic (exact) mass is 133 g/mol. The molecule has 7 heavy (non-hydrogen) atoms. The Morgan fingerprint density at radius 2 is 0.857 bits per heavy atom. The maximum absolute atomic E-state index is 2.12. The fourth-order valence-electron chi connectivity index (χ4n) is 0. The van der Waals surface area contributed by atoms with Crippen molar-refractivity contribution >= 4 is 12.4 Å². The van der Waals surface area contributed by atoms with E-state index in [9.17, 15) is 0 Å². The van der Waals surface area contributed by atoms with Gasteiger partial charge in [0.2, 0.25) is 0 Å². The van der Waals surface area contributed by atoms with Gasteiger partial charge >= 0.3 is 29.6 Å². The average molecular weight is 134 g/mol. The molecule has 0 fully saturated rings. The zero-order valence-corrected chi connectivity index (χ0v) is 8.67. The molecule has 0 aliphatic carbocycles. The van der Waals surface area contributed by atoms with Crippen molar-refractivity contribution in [3.63, 3.8) is 0 Å². The Labute approximate surface area is 74.4 Å². The number of hydrogen-bond acceptors (Lipinski definition) is 0. The van der Waals surface area contributed by atoms with Crippen LogP contribution in [0.5, 0.6) is 0 Å². The summed E-state index contributed by atoms with van der Waals surface area (Å²) >= 11 is 0. The van der Waals surface area contributed by atoms with Gasteiger partial charge in [0.05, 0.1) is 28.2 Å². The Morgan fingerprint density at radius 1 is 0.857 bits per heavy atom. The fraction of sp³-hybridized carbons (Fsp3) is 1.00. The van der Waals surface area contributed by atoms with Crippen LogP contribution in [-0.4, -0.2) is 32.7 Å². The molecule has 0 aromatic rings. The van der Waals surface area contributed by atoms with E-state index in [0.29, 0.717) is 0 Å². The van der Waals surface area contributed by atoms with E-state index in [4.69, 9.17) is 0 Å². The summed E-state index contributed by atoms with van der Waals surface area (Å²) in [5.41, 5.74) is 0. The predicted octanol–water partition coefficient (Wildman–Crippen LogP) is -2.25. The van der Waals surface area contributed by atoms with Crippen LogP contribution < -0.4 is 29.6 Å². The van der Waals surface area contributed by atoms with Gasteiger partial charge in [-0.2, -0.15) is 0 Å². The standard InChI is InChI=1S/C4H12N.ClH.Na/c1-5(2,3)4;;/h1-4H3;1H;/q+1;;+1. The van der Waals surface area contributed by atoms with Gasteiger partial charge in [0.15, 0.2) is 0 Å². The molecule has 0 aromatic heterocycles. The van der Waals surface area contributed by atoms with Gasteiger partial charge in [-0.3, -0.25) is 0 Å². The minimum atomic E-state index is 0. The van der Waals surface area contributed by atoms with E-state index in [1.807, 2.05) is 0 Å². The van der Waals surface area contributed by atoms with Gasteiger partial charge < -0.3 is 4.48 Å². The van der Waals surface area contributed by atoms with E-state index in [-0.39, 0.29) is 42.0 Å². The van der Waals surface area contributed by atoms with Gasteiger partial charge in [0.25, 0.3) is 0 Å². The summed E-state index contributed by atoms with van der Waals surface area (Å²) in [6, 6.07) is 0. The molecule has 3 heteroatoms. The Bertz CT molecular complexity index is 27.2. The van der Waals surface area contributed by atoms with Crippen LogP contribution in [0.4, 0.5) is 0 Å². The second-order valence-corrected chi connectivity index (χ2v) is 2.68. The minimum Gasteiger partial charge on any atom is -0.333 e. The van der Waals surface area contributed by atoms with Crippen LogP contribution in [0.25, 0.3) is 0 Å². The van der Waals surface area contributed by atoms with Crippen molar-refractivity contribution in [2.24, 2.45) is 0 Å². The molecule has 0 atom stereocenters. The molecule has 0 saturated heterocycles. The van der Waals surface area contributed by atoms with E-state index in [1.165, 1.54) is 0 Å². The molecule has 0 aromatic carbocycles. The van der Waals surface area contributed by atoms with Gasteiger partial charge in [0, 0.05) is 0 Å². The maximum Gasteiger partial charge on any atom is 1.00 e. The van der Waals surface area contributed by atoms with Crippen LogP contribution in [0.1, 0.15) is 0 Å². The van der Waals surface area contributed by atoms with Crippen LogP contribution in [0, 0.1) is 0 Å². The molecule has 0 saturated carbocycles. The number of hydrogen-bond donors (Lipinski definition) is 0. The summed E-state index contributed by atoms with van der Waals surface area (Å²) in [6.45, 7) is 0. The van der Waals surface area contributed by atoms with Crippen LogP contribution in [0.15, 0.2) is 0 Å². The summed E-state index contributed by atoms with van der Waals surface area (Å²) in [7, 11) is 8.50. The Kier molecular flexibility index (Phi) is 12.1. The van der Waals surface area contributed by atoms with Gasteiger partial charge in [0.1, 0.15) is 0 Å². The van der Waals surface area contributed by atoms with Crippen molar-refractivity contribution in [2.75, 3.05) is 28.2 Å². The van der Waals surface area contributed by atoms with Crippen molar-refractivity contribution in [2.45, 2.75) is 0 Å². The summed E-state index contributed by atoms with van der Waals surface area (Å²) in [4.78, 5) is 0. The second kappa shape index (κ2) is 5.39. The molecule has 1 nitrogen and oxygen atoms in total. The van der Waals surface area contributed by atoms with Crippen LogP contribution in [0.3, 0.4) is 0 Å². The smallest absolute Gasteiger partial charge is 0.333 e.